The number of nitrogens with zero attached hydrogens (tertiary/aromatic N) is 2. The van der Waals surface area contributed by atoms with E-state index in [1.165, 1.54) is 6.07 Å². The van der Waals surface area contributed by atoms with Crippen molar-refractivity contribution in [2.75, 3.05) is 18.0 Å². The number of aromatic nitrogens is 1. The lowest BCUT2D eigenvalue weighted by Gasteiger charge is -2.33. The molecule has 2 heterocycles. The zero-order chi connectivity index (χ0) is 13.6. The Bertz CT molecular complexity index is 529. The van der Waals surface area contributed by atoms with Crippen molar-refractivity contribution < 1.29 is 14.3 Å². The maximum absolute atomic E-state index is 13.7. The van der Waals surface area contributed by atoms with Gasteiger partial charge in [0.25, 0.3) is 0 Å². The molecule has 19 heavy (non-hydrogen) atoms. The van der Waals surface area contributed by atoms with Crippen LogP contribution < -0.4 is 4.90 Å². The van der Waals surface area contributed by atoms with E-state index < -0.39 is 5.97 Å². The van der Waals surface area contributed by atoms with Gasteiger partial charge in [-0.2, -0.15) is 0 Å². The number of hydrogen-bond donors (Lipinski definition) is 1. The van der Waals surface area contributed by atoms with Crippen molar-refractivity contribution in [1.29, 1.82) is 0 Å². The molecule has 2 fully saturated rings. The number of piperidine rings is 1. The Morgan fingerprint density at radius 1 is 1.47 bits per heavy atom. The van der Waals surface area contributed by atoms with E-state index in [9.17, 15) is 9.18 Å². The van der Waals surface area contributed by atoms with Crippen LogP contribution in [0.3, 0.4) is 0 Å². The van der Waals surface area contributed by atoms with Gasteiger partial charge in [-0.3, -0.25) is 4.79 Å². The van der Waals surface area contributed by atoms with Crippen LogP contribution in [0.4, 0.5) is 10.2 Å². The smallest absolute Gasteiger partial charge is 0.307 e. The van der Waals surface area contributed by atoms with Crippen molar-refractivity contribution in [3.63, 3.8) is 0 Å². The van der Waals surface area contributed by atoms with Gasteiger partial charge in [-0.25, -0.2) is 9.37 Å². The van der Waals surface area contributed by atoms with Crippen molar-refractivity contribution >= 4 is 27.7 Å². The number of halogens is 2. The van der Waals surface area contributed by atoms with Gasteiger partial charge in [0.1, 0.15) is 4.60 Å². The van der Waals surface area contributed by atoms with E-state index in [2.05, 4.69) is 20.9 Å². The first-order valence-corrected chi connectivity index (χ1v) is 7.11. The third-order valence-corrected chi connectivity index (χ3v) is 4.78. The fraction of sp³-hybridized carbons (Fsp3) is 0.538. The SMILES string of the molecule is O=C(O)[C@@H]1CC12CCN(c1nc(Br)ccc1F)CC2. The van der Waals surface area contributed by atoms with Crippen molar-refractivity contribution in [2.45, 2.75) is 19.3 Å². The quantitative estimate of drug-likeness (QED) is 0.848. The lowest BCUT2D eigenvalue weighted by molar-refractivity contribution is -0.139. The lowest BCUT2D eigenvalue weighted by Crippen LogP contribution is -2.36. The molecule has 0 unspecified atom stereocenters. The van der Waals surface area contributed by atoms with E-state index >= 15 is 0 Å². The van der Waals surface area contributed by atoms with Gasteiger partial charge >= 0.3 is 5.97 Å². The van der Waals surface area contributed by atoms with Crippen molar-refractivity contribution in [3.8, 4) is 0 Å². The van der Waals surface area contributed by atoms with Gasteiger partial charge in [-0.1, -0.05) is 0 Å². The van der Waals surface area contributed by atoms with E-state index in [-0.39, 0.29) is 17.2 Å². The molecule has 2 aliphatic rings. The molecule has 1 aromatic heterocycles. The third-order valence-electron chi connectivity index (χ3n) is 4.34. The Labute approximate surface area is 118 Å². The summed E-state index contributed by atoms with van der Waals surface area (Å²) in [4.78, 5) is 17.1. The standard InChI is InChI=1S/C13H14BrFN2O2/c14-10-2-1-9(15)11(16-10)17-5-3-13(4-6-17)7-8(13)12(18)19/h1-2,8H,3-7H2,(H,18,19)/t8-/m0/s1. The highest BCUT2D eigenvalue weighted by molar-refractivity contribution is 9.10. The highest BCUT2D eigenvalue weighted by Crippen LogP contribution is 2.59. The number of carboxylic acid groups (broad SMARTS) is 1. The lowest BCUT2D eigenvalue weighted by atomic mass is 9.91. The minimum atomic E-state index is -0.694. The summed E-state index contributed by atoms with van der Waals surface area (Å²) in [5.41, 5.74) is -0.0369. The maximum Gasteiger partial charge on any atom is 0.307 e. The molecule has 102 valence electrons. The van der Waals surface area contributed by atoms with Crippen LogP contribution in [0.1, 0.15) is 19.3 Å². The molecular formula is C13H14BrFN2O2. The van der Waals surface area contributed by atoms with Gasteiger partial charge < -0.3 is 10.0 Å². The first kappa shape index (κ1) is 12.8. The molecule has 6 heteroatoms. The van der Waals surface area contributed by atoms with Crippen LogP contribution in [-0.4, -0.2) is 29.1 Å². The molecular weight excluding hydrogens is 315 g/mol. The minimum Gasteiger partial charge on any atom is -0.481 e. The Balaban J connectivity index is 1.71. The molecule has 4 nitrogen and oxygen atoms in total. The third kappa shape index (κ3) is 2.22. The molecule has 1 aliphatic heterocycles. The van der Waals surface area contributed by atoms with Crippen LogP contribution in [0.5, 0.6) is 0 Å². The summed E-state index contributed by atoms with van der Waals surface area (Å²) in [7, 11) is 0. The Kier molecular flexibility index (Phi) is 3.00. The van der Waals surface area contributed by atoms with Gasteiger partial charge in [0.15, 0.2) is 11.6 Å². The molecule has 1 aliphatic carbocycles. The van der Waals surface area contributed by atoms with Crippen LogP contribution >= 0.6 is 15.9 Å². The summed E-state index contributed by atoms with van der Waals surface area (Å²) >= 11 is 3.24. The normalized spacial score (nSPS) is 24.5. The van der Waals surface area contributed by atoms with Crippen LogP contribution in [0.15, 0.2) is 16.7 Å². The predicted molar refractivity (Wildman–Crippen MR) is 71.5 cm³/mol. The second kappa shape index (κ2) is 4.44. The van der Waals surface area contributed by atoms with Crippen LogP contribution in [0.2, 0.25) is 0 Å². The molecule has 1 N–H and O–H groups in total. The molecule has 1 saturated heterocycles. The van der Waals surface area contributed by atoms with E-state index in [0.717, 1.165) is 19.3 Å². The van der Waals surface area contributed by atoms with Crippen molar-refractivity contribution in [2.24, 2.45) is 11.3 Å². The number of pyridine rings is 1. The zero-order valence-electron chi connectivity index (χ0n) is 10.3. The summed E-state index contributed by atoms with van der Waals surface area (Å²) in [6.07, 6.45) is 2.37. The summed E-state index contributed by atoms with van der Waals surface area (Å²) in [6, 6.07) is 2.97. The minimum absolute atomic E-state index is 0.0369. The number of carbonyl (C=O) groups is 1. The van der Waals surface area contributed by atoms with Gasteiger partial charge in [0, 0.05) is 13.1 Å². The number of rotatable bonds is 2. The van der Waals surface area contributed by atoms with Crippen LogP contribution in [0.25, 0.3) is 0 Å². The molecule has 0 radical (unpaired) electrons. The second-order valence-electron chi connectivity index (χ2n) is 5.38. The topological polar surface area (TPSA) is 53.4 Å². The molecule has 1 atom stereocenters. The monoisotopic (exact) mass is 328 g/mol. The zero-order valence-corrected chi connectivity index (χ0v) is 11.9. The van der Waals surface area contributed by atoms with E-state index in [4.69, 9.17) is 5.11 Å². The second-order valence-corrected chi connectivity index (χ2v) is 6.20. The average Bonchev–Trinajstić information content (AvgIpc) is 3.08. The number of carboxylic acids is 1. The summed E-state index contributed by atoms with van der Waals surface area (Å²) in [5, 5.41) is 9.04. The largest absolute Gasteiger partial charge is 0.481 e. The summed E-state index contributed by atoms with van der Waals surface area (Å²) in [6.45, 7) is 1.34. The van der Waals surface area contributed by atoms with Crippen LogP contribution in [-0.2, 0) is 4.79 Å². The molecule has 3 rings (SSSR count). The Morgan fingerprint density at radius 2 is 2.16 bits per heavy atom. The highest BCUT2D eigenvalue weighted by Gasteiger charge is 2.58. The molecule has 0 amide bonds. The Morgan fingerprint density at radius 3 is 2.74 bits per heavy atom. The van der Waals surface area contributed by atoms with Crippen molar-refractivity contribution in [1.82, 2.24) is 4.98 Å². The van der Waals surface area contributed by atoms with E-state index in [0.29, 0.717) is 23.5 Å². The van der Waals surface area contributed by atoms with E-state index in [1.54, 1.807) is 6.07 Å². The van der Waals surface area contributed by atoms with Gasteiger partial charge in [0.05, 0.1) is 5.92 Å². The predicted octanol–water partition coefficient (Wildman–Crippen LogP) is 2.67. The Hall–Kier alpha value is -1.17. The van der Waals surface area contributed by atoms with Crippen LogP contribution in [0, 0.1) is 17.2 Å². The molecule has 0 bridgehead atoms. The highest BCUT2D eigenvalue weighted by atomic mass is 79.9. The molecule has 1 aromatic rings. The fourth-order valence-corrected chi connectivity index (χ4v) is 3.34. The molecule has 1 saturated carbocycles. The van der Waals surface area contributed by atoms with Gasteiger partial charge in [0.2, 0.25) is 0 Å². The number of hydrogen-bond acceptors (Lipinski definition) is 3. The van der Waals surface area contributed by atoms with Gasteiger partial charge in [-0.15, -0.1) is 0 Å². The molecule has 0 aromatic carbocycles. The summed E-state index contributed by atoms with van der Waals surface area (Å²) in [5.74, 6) is -0.864. The first-order valence-electron chi connectivity index (χ1n) is 6.32. The van der Waals surface area contributed by atoms with Gasteiger partial charge in [-0.05, 0) is 52.7 Å². The van der Waals surface area contributed by atoms with Crippen molar-refractivity contribution in [3.05, 3.63) is 22.6 Å². The molecule has 1 spiro atoms. The maximum atomic E-state index is 13.7. The van der Waals surface area contributed by atoms with E-state index in [1.807, 2.05) is 4.90 Å². The first-order chi connectivity index (χ1) is 9.02. The summed E-state index contributed by atoms with van der Waals surface area (Å²) < 4.78 is 14.4. The number of anilines is 1. The average molecular weight is 329 g/mol. The number of aliphatic carboxylic acids is 1. The fourth-order valence-electron chi connectivity index (χ4n) is 3.04.